The molecule has 0 spiro atoms. The van der Waals surface area contributed by atoms with Gasteiger partial charge in [-0.2, -0.15) is 5.10 Å². The maximum atomic E-state index is 16.1. The lowest BCUT2D eigenvalue weighted by atomic mass is 9.73. The minimum absolute atomic E-state index is 0.107. The van der Waals surface area contributed by atoms with Gasteiger partial charge in [0, 0.05) is 44.6 Å². The number of hydrogen-bond donors (Lipinski definition) is 0. The van der Waals surface area contributed by atoms with E-state index < -0.39 is 45.5 Å². The van der Waals surface area contributed by atoms with Crippen molar-refractivity contribution < 1.29 is 22.0 Å². The SMILES string of the molecule is CC(C)(C)c1ccnc(-n2c3ccccc3c3ccc(N4c5ccccc5C(C)(C)c5ccc(-n6nc(C(C)(C)C)c(-c7c(F)c(F)c(F)c(F)c7F)c6-c6ccccc6)cc54)cc32)c1. The summed E-state index contributed by atoms with van der Waals surface area (Å²) in [5.74, 6) is -9.32. The highest BCUT2D eigenvalue weighted by Crippen LogP contribution is 2.54. The average molecular weight is 872 g/mol. The van der Waals surface area contributed by atoms with Crippen LogP contribution in [0.1, 0.15) is 77.8 Å². The molecule has 65 heavy (non-hydrogen) atoms. The van der Waals surface area contributed by atoms with Gasteiger partial charge in [0.25, 0.3) is 0 Å². The van der Waals surface area contributed by atoms with Crippen molar-refractivity contribution in [2.45, 2.75) is 71.6 Å². The van der Waals surface area contributed by atoms with E-state index in [1.165, 1.54) is 0 Å². The van der Waals surface area contributed by atoms with Gasteiger partial charge >= 0.3 is 0 Å². The van der Waals surface area contributed by atoms with E-state index in [2.05, 4.69) is 98.7 Å². The zero-order chi connectivity index (χ0) is 45.9. The summed E-state index contributed by atoms with van der Waals surface area (Å²) in [6, 6.07) is 42.0. The second-order valence-corrected chi connectivity index (χ2v) is 19.4. The van der Waals surface area contributed by atoms with Crippen LogP contribution in [0.2, 0.25) is 0 Å². The van der Waals surface area contributed by atoms with Gasteiger partial charge in [-0.3, -0.25) is 4.57 Å². The zero-order valence-corrected chi connectivity index (χ0v) is 37.3. The summed E-state index contributed by atoms with van der Waals surface area (Å²) < 4.78 is 80.8. The molecule has 1 aliphatic rings. The Morgan fingerprint density at radius 2 is 1.14 bits per heavy atom. The van der Waals surface area contributed by atoms with Gasteiger partial charge in [-0.25, -0.2) is 31.6 Å². The van der Waals surface area contributed by atoms with Crippen molar-refractivity contribution >= 4 is 38.9 Å². The lowest BCUT2D eigenvalue weighted by Gasteiger charge is -2.42. The van der Waals surface area contributed by atoms with Gasteiger partial charge in [0.1, 0.15) is 5.82 Å². The van der Waals surface area contributed by atoms with Crippen LogP contribution in [0.15, 0.2) is 134 Å². The maximum Gasteiger partial charge on any atom is 0.200 e. The van der Waals surface area contributed by atoms with Crippen LogP contribution in [0.3, 0.4) is 0 Å². The largest absolute Gasteiger partial charge is 0.310 e. The molecular formula is C55H46F5N5. The number of benzene rings is 6. The third-order valence-corrected chi connectivity index (χ3v) is 12.8. The minimum atomic E-state index is -2.22. The molecule has 4 heterocycles. The Hall–Kier alpha value is -7.07. The van der Waals surface area contributed by atoms with Gasteiger partial charge in [0.05, 0.1) is 45.0 Å². The van der Waals surface area contributed by atoms with Gasteiger partial charge in [-0.05, 0) is 70.6 Å². The smallest absolute Gasteiger partial charge is 0.200 e. The molecule has 0 fully saturated rings. The monoisotopic (exact) mass is 871 g/mol. The molecule has 0 saturated heterocycles. The molecule has 0 saturated carbocycles. The molecule has 1 aliphatic heterocycles. The van der Waals surface area contributed by atoms with Crippen LogP contribution in [0.25, 0.3) is 55.7 Å². The van der Waals surface area contributed by atoms with E-state index in [1.807, 2.05) is 48.7 Å². The Bertz CT molecular complexity index is 3360. The second kappa shape index (κ2) is 14.7. The molecule has 0 radical (unpaired) electrons. The first kappa shape index (κ1) is 41.9. The lowest BCUT2D eigenvalue weighted by Crippen LogP contribution is -2.30. The van der Waals surface area contributed by atoms with Crippen LogP contribution >= 0.6 is 0 Å². The average Bonchev–Trinajstić information content (AvgIpc) is 3.85. The fourth-order valence-electron chi connectivity index (χ4n) is 9.52. The topological polar surface area (TPSA) is 38.9 Å². The molecule has 9 aromatic rings. The lowest BCUT2D eigenvalue weighted by molar-refractivity contribution is 0.381. The third kappa shape index (κ3) is 6.47. The van der Waals surface area contributed by atoms with Gasteiger partial charge in [0.15, 0.2) is 23.3 Å². The summed E-state index contributed by atoms with van der Waals surface area (Å²) in [7, 11) is 0. The number of rotatable bonds is 5. The Kier molecular flexibility index (Phi) is 9.50. The highest BCUT2D eigenvalue weighted by molar-refractivity contribution is 6.10. The zero-order valence-electron chi connectivity index (χ0n) is 37.3. The van der Waals surface area contributed by atoms with E-state index in [4.69, 9.17) is 10.1 Å². The summed E-state index contributed by atoms with van der Waals surface area (Å²) >= 11 is 0. The third-order valence-electron chi connectivity index (χ3n) is 12.8. The van der Waals surface area contributed by atoms with E-state index in [0.29, 0.717) is 11.3 Å². The fraction of sp³-hybridized carbons (Fsp3) is 0.200. The minimum Gasteiger partial charge on any atom is -0.310 e. The molecule has 0 N–H and O–H groups in total. The number of anilines is 3. The van der Waals surface area contributed by atoms with Crippen molar-refractivity contribution in [1.29, 1.82) is 0 Å². The summed E-state index contributed by atoms with van der Waals surface area (Å²) in [6.45, 7) is 16.3. The van der Waals surface area contributed by atoms with Crippen molar-refractivity contribution in [3.63, 3.8) is 0 Å². The van der Waals surface area contributed by atoms with E-state index in [0.717, 1.165) is 61.4 Å². The van der Waals surface area contributed by atoms with Crippen LogP contribution in [-0.4, -0.2) is 19.3 Å². The molecule has 6 aromatic carbocycles. The number of aromatic nitrogens is 4. The standard InChI is InChI=1S/C55H46F5N5/c1-53(2,3)32-26-27-61-43(28-32)64-39-20-14-12-18-35(39)36-24-22-33(29-41(36)64)63-40-21-15-13-19-37(40)55(7,8)38-25-23-34(30-42(38)63)65-51(31-16-10-9-11-17-31)45(52(62-65)54(4,5)6)44-46(56)48(58)50(60)49(59)47(44)57/h9-30H,1-8H3. The first-order valence-electron chi connectivity index (χ1n) is 21.6. The van der Waals surface area contributed by atoms with E-state index >= 15 is 17.6 Å². The van der Waals surface area contributed by atoms with Crippen LogP contribution in [0.4, 0.5) is 39.0 Å². The number of para-hydroxylation sites is 2. The number of hydrogen-bond acceptors (Lipinski definition) is 3. The number of nitrogens with zero attached hydrogens (tertiary/aromatic N) is 5. The van der Waals surface area contributed by atoms with Gasteiger partial charge in [0.2, 0.25) is 5.82 Å². The van der Waals surface area contributed by atoms with Crippen LogP contribution in [0, 0.1) is 29.1 Å². The highest BCUT2D eigenvalue weighted by Gasteiger charge is 2.39. The fourth-order valence-corrected chi connectivity index (χ4v) is 9.52. The first-order chi connectivity index (χ1) is 30.9. The molecule has 10 heteroatoms. The number of halogens is 5. The Balaban J connectivity index is 1.26. The normalized spacial score (nSPS) is 13.7. The molecule has 0 atom stereocenters. The molecular weight excluding hydrogens is 826 g/mol. The van der Waals surface area contributed by atoms with Gasteiger partial charge in [-0.15, -0.1) is 0 Å². The quantitative estimate of drug-likeness (QED) is 0.0982. The predicted molar refractivity (Wildman–Crippen MR) is 251 cm³/mol. The Morgan fingerprint density at radius 3 is 1.85 bits per heavy atom. The van der Waals surface area contributed by atoms with Crippen molar-refractivity contribution in [1.82, 2.24) is 19.3 Å². The van der Waals surface area contributed by atoms with Gasteiger partial charge < -0.3 is 4.90 Å². The van der Waals surface area contributed by atoms with E-state index in [1.54, 1.807) is 55.8 Å². The highest BCUT2D eigenvalue weighted by atomic mass is 19.2. The van der Waals surface area contributed by atoms with Crippen molar-refractivity contribution in [3.05, 3.63) is 185 Å². The molecule has 3 aromatic heterocycles. The maximum absolute atomic E-state index is 16.1. The summed E-state index contributed by atoms with van der Waals surface area (Å²) in [5, 5.41) is 7.20. The molecule has 10 rings (SSSR count). The Morgan fingerprint density at radius 1 is 0.523 bits per heavy atom. The van der Waals surface area contributed by atoms with E-state index in [-0.39, 0.29) is 22.4 Å². The van der Waals surface area contributed by atoms with Crippen molar-refractivity contribution in [2.75, 3.05) is 4.90 Å². The molecule has 0 amide bonds. The summed E-state index contributed by atoms with van der Waals surface area (Å²) in [5.41, 5.74) is 6.50. The van der Waals surface area contributed by atoms with Crippen molar-refractivity contribution in [2.24, 2.45) is 0 Å². The molecule has 0 bridgehead atoms. The summed E-state index contributed by atoms with van der Waals surface area (Å²) in [6.07, 6.45) is 1.86. The number of fused-ring (bicyclic) bond motifs is 5. The molecule has 0 unspecified atom stereocenters. The van der Waals surface area contributed by atoms with Crippen molar-refractivity contribution in [3.8, 4) is 33.9 Å². The molecule has 326 valence electrons. The van der Waals surface area contributed by atoms with Crippen LogP contribution < -0.4 is 4.90 Å². The first-order valence-corrected chi connectivity index (χ1v) is 21.6. The van der Waals surface area contributed by atoms with Crippen LogP contribution in [-0.2, 0) is 16.2 Å². The molecule has 5 nitrogen and oxygen atoms in total. The number of pyridine rings is 1. The summed E-state index contributed by atoms with van der Waals surface area (Å²) in [4.78, 5) is 7.14. The predicted octanol–water partition coefficient (Wildman–Crippen LogP) is 15.1. The Labute approximate surface area is 374 Å². The van der Waals surface area contributed by atoms with Crippen LogP contribution in [0.5, 0.6) is 0 Å². The van der Waals surface area contributed by atoms with E-state index in [9.17, 15) is 4.39 Å². The second-order valence-electron chi connectivity index (χ2n) is 19.4. The van der Waals surface area contributed by atoms with Gasteiger partial charge in [-0.1, -0.05) is 134 Å². The molecule has 0 aliphatic carbocycles.